The van der Waals surface area contributed by atoms with Crippen molar-refractivity contribution in [2.75, 3.05) is 23.7 Å². The van der Waals surface area contributed by atoms with E-state index in [2.05, 4.69) is 30.3 Å². The highest BCUT2D eigenvalue weighted by atomic mass is 32.2. The van der Waals surface area contributed by atoms with E-state index in [0.29, 0.717) is 34.7 Å². The largest absolute Gasteiger partial charge is 0.369 e. The molecule has 9 heteroatoms. The highest BCUT2D eigenvalue weighted by Crippen LogP contribution is 2.17. The van der Waals surface area contributed by atoms with Crippen molar-refractivity contribution in [2.45, 2.75) is 32.6 Å². The van der Waals surface area contributed by atoms with Crippen LogP contribution in [-0.2, 0) is 10.0 Å². The third kappa shape index (κ3) is 5.74. The second kappa shape index (κ2) is 9.19. The first-order chi connectivity index (χ1) is 14.2. The Hall–Kier alpha value is -3.04. The Morgan fingerprint density at radius 2 is 1.57 bits per heavy atom. The topological polar surface area (TPSA) is 109 Å². The molecular formula is C21H26N6O2S. The second-order valence-corrected chi connectivity index (χ2v) is 8.86. The van der Waals surface area contributed by atoms with Gasteiger partial charge in [-0.05, 0) is 57.0 Å². The van der Waals surface area contributed by atoms with E-state index in [0.717, 1.165) is 16.7 Å². The number of benzene rings is 1. The van der Waals surface area contributed by atoms with Gasteiger partial charge in [0.15, 0.2) is 0 Å². The Bertz CT molecular complexity index is 1150. The number of anilines is 3. The van der Waals surface area contributed by atoms with Gasteiger partial charge in [-0.3, -0.25) is 0 Å². The molecular weight excluding hydrogens is 400 g/mol. The van der Waals surface area contributed by atoms with Crippen LogP contribution in [0.1, 0.15) is 22.5 Å². The van der Waals surface area contributed by atoms with Crippen LogP contribution in [0.3, 0.4) is 0 Å². The van der Waals surface area contributed by atoms with Gasteiger partial charge in [0.2, 0.25) is 10.0 Å². The number of aromatic nitrogens is 3. The third-order valence-electron chi connectivity index (χ3n) is 4.35. The van der Waals surface area contributed by atoms with E-state index in [9.17, 15) is 8.42 Å². The van der Waals surface area contributed by atoms with Crippen LogP contribution in [0.25, 0.3) is 0 Å². The Kier molecular flexibility index (Phi) is 6.63. The lowest BCUT2D eigenvalue weighted by Crippen LogP contribution is -2.29. The number of sulfonamides is 1. The van der Waals surface area contributed by atoms with Gasteiger partial charge < -0.3 is 10.6 Å². The van der Waals surface area contributed by atoms with Gasteiger partial charge in [0.05, 0.1) is 4.90 Å². The molecule has 0 saturated carbocycles. The molecule has 0 unspecified atom stereocenters. The summed E-state index contributed by atoms with van der Waals surface area (Å²) in [5, 5.41) is 6.29. The molecule has 30 heavy (non-hydrogen) atoms. The number of pyridine rings is 1. The lowest BCUT2D eigenvalue weighted by molar-refractivity contribution is 0.582. The van der Waals surface area contributed by atoms with E-state index < -0.39 is 10.0 Å². The zero-order valence-corrected chi connectivity index (χ0v) is 18.3. The van der Waals surface area contributed by atoms with Crippen LogP contribution in [0.4, 0.5) is 17.5 Å². The molecule has 2 heterocycles. The SMILES string of the molecule is Cc1ccnc(Nc2cc(NCCNS(=O)(=O)c3ccc(C)cc3C)nc(C)n2)c1. The van der Waals surface area contributed by atoms with Gasteiger partial charge in [0, 0.05) is 25.4 Å². The average Bonchev–Trinajstić information content (AvgIpc) is 2.64. The van der Waals surface area contributed by atoms with Gasteiger partial charge in [-0.2, -0.15) is 0 Å². The lowest BCUT2D eigenvalue weighted by Gasteiger charge is -2.12. The van der Waals surface area contributed by atoms with E-state index >= 15 is 0 Å². The number of aryl methyl sites for hydroxylation is 4. The predicted octanol–water partition coefficient (Wildman–Crippen LogP) is 3.24. The average molecular weight is 427 g/mol. The van der Waals surface area contributed by atoms with Crippen molar-refractivity contribution in [1.82, 2.24) is 19.7 Å². The summed E-state index contributed by atoms with van der Waals surface area (Å²) in [5.41, 5.74) is 2.84. The van der Waals surface area contributed by atoms with Crippen LogP contribution in [-0.4, -0.2) is 36.5 Å². The fourth-order valence-electron chi connectivity index (χ4n) is 3.01. The Morgan fingerprint density at radius 1 is 0.833 bits per heavy atom. The number of nitrogens with one attached hydrogen (secondary N) is 3. The number of rotatable bonds is 8. The minimum absolute atomic E-state index is 0.223. The zero-order chi connectivity index (χ0) is 21.7. The van der Waals surface area contributed by atoms with Gasteiger partial charge in [0.1, 0.15) is 23.3 Å². The minimum Gasteiger partial charge on any atom is -0.369 e. The molecule has 0 radical (unpaired) electrons. The molecule has 3 N–H and O–H groups in total. The van der Waals surface area contributed by atoms with Crippen molar-refractivity contribution < 1.29 is 8.42 Å². The van der Waals surface area contributed by atoms with Gasteiger partial charge in [-0.15, -0.1) is 0 Å². The second-order valence-electron chi connectivity index (χ2n) is 7.12. The van der Waals surface area contributed by atoms with Crippen molar-refractivity contribution in [1.29, 1.82) is 0 Å². The van der Waals surface area contributed by atoms with Gasteiger partial charge in [-0.1, -0.05) is 17.7 Å². The van der Waals surface area contributed by atoms with Gasteiger partial charge >= 0.3 is 0 Å². The molecule has 0 aliphatic rings. The predicted molar refractivity (Wildman–Crippen MR) is 119 cm³/mol. The molecule has 0 aliphatic carbocycles. The molecule has 0 spiro atoms. The molecule has 2 aromatic heterocycles. The fraction of sp³-hybridized carbons (Fsp3) is 0.286. The van der Waals surface area contributed by atoms with Crippen molar-refractivity contribution in [3.05, 3.63) is 65.1 Å². The first-order valence-electron chi connectivity index (χ1n) is 9.59. The fourth-order valence-corrected chi connectivity index (χ4v) is 4.27. The van der Waals surface area contributed by atoms with Crippen LogP contribution in [0.15, 0.2) is 47.5 Å². The first kappa shape index (κ1) is 21.7. The zero-order valence-electron chi connectivity index (χ0n) is 17.5. The summed E-state index contributed by atoms with van der Waals surface area (Å²) in [6.45, 7) is 8.11. The summed E-state index contributed by atoms with van der Waals surface area (Å²) in [6, 6.07) is 10.9. The van der Waals surface area contributed by atoms with Gasteiger partial charge in [-0.25, -0.2) is 28.1 Å². The monoisotopic (exact) mass is 426 g/mol. The van der Waals surface area contributed by atoms with E-state index in [1.54, 1.807) is 38.2 Å². The molecule has 3 rings (SSSR count). The summed E-state index contributed by atoms with van der Waals surface area (Å²) in [4.78, 5) is 13.3. The lowest BCUT2D eigenvalue weighted by atomic mass is 10.2. The van der Waals surface area contributed by atoms with E-state index in [1.807, 2.05) is 32.0 Å². The van der Waals surface area contributed by atoms with Gasteiger partial charge in [0.25, 0.3) is 0 Å². The maximum Gasteiger partial charge on any atom is 0.240 e. The Morgan fingerprint density at radius 3 is 2.30 bits per heavy atom. The van der Waals surface area contributed by atoms with E-state index in [1.165, 1.54) is 0 Å². The molecule has 158 valence electrons. The molecule has 0 bridgehead atoms. The summed E-state index contributed by atoms with van der Waals surface area (Å²) < 4.78 is 27.7. The van der Waals surface area contributed by atoms with Crippen LogP contribution < -0.4 is 15.4 Å². The van der Waals surface area contributed by atoms with Crippen molar-refractivity contribution >= 4 is 27.5 Å². The summed E-state index contributed by atoms with van der Waals surface area (Å²) >= 11 is 0. The summed E-state index contributed by atoms with van der Waals surface area (Å²) in [5.74, 6) is 2.49. The maximum atomic E-state index is 12.5. The Balaban J connectivity index is 1.60. The molecule has 0 atom stereocenters. The normalized spacial score (nSPS) is 11.3. The van der Waals surface area contributed by atoms with Crippen molar-refractivity contribution in [2.24, 2.45) is 0 Å². The summed E-state index contributed by atoms with van der Waals surface area (Å²) in [7, 11) is -3.57. The molecule has 0 fully saturated rings. The molecule has 1 aromatic carbocycles. The number of nitrogens with zero attached hydrogens (tertiary/aromatic N) is 3. The molecule has 0 amide bonds. The first-order valence-corrected chi connectivity index (χ1v) is 11.1. The molecule has 0 aliphatic heterocycles. The number of hydrogen-bond donors (Lipinski definition) is 3. The standard InChI is InChI=1S/C21H26N6O2S/c1-14-5-6-18(16(3)11-14)30(28,29)24-10-9-23-20-13-21(26-17(4)25-20)27-19-12-15(2)7-8-22-19/h5-8,11-13,24H,9-10H2,1-4H3,(H2,22,23,25,26,27). The highest BCUT2D eigenvalue weighted by molar-refractivity contribution is 7.89. The maximum absolute atomic E-state index is 12.5. The van der Waals surface area contributed by atoms with Crippen molar-refractivity contribution in [3.8, 4) is 0 Å². The van der Waals surface area contributed by atoms with Crippen LogP contribution >= 0.6 is 0 Å². The summed E-state index contributed by atoms with van der Waals surface area (Å²) in [6.07, 6.45) is 1.73. The highest BCUT2D eigenvalue weighted by Gasteiger charge is 2.16. The van der Waals surface area contributed by atoms with Crippen LogP contribution in [0.2, 0.25) is 0 Å². The third-order valence-corrected chi connectivity index (χ3v) is 5.97. The molecule has 3 aromatic rings. The smallest absolute Gasteiger partial charge is 0.240 e. The molecule has 0 saturated heterocycles. The Labute approximate surface area is 177 Å². The van der Waals surface area contributed by atoms with Crippen molar-refractivity contribution in [3.63, 3.8) is 0 Å². The van der Waals surface area contributed by atoms with Crippen LogP contribution in [0, 0.1) is 27.7 Å². The van der Waals surface area contributed by atoms with E-state index in [-0.39, 0.29) is 6.54 Å². The quantitative estimate of drug-likeness (QED) is 0.475. The number of hydrogen-bond acceptors (Lipinski definition) is 7. The molecule has 8 nitrogen and oxygen atoms in total. The minimum atomic E-state index is -3.57. The van der Waals surface area contributed by atoms with E-state index in [4.69, 9.17) is 0 Å². The van der Waals surface area contributed by atoms with Crippen LogP contribution in [0.5, 0.6) is 0 Å².